The van der Waals surface area contributed by atoms with Crippen LogP contribution in [0.5, 0.6) is 5.75 Å². The first-order valence-electron chi connectivity index (χ1n) is 8.58. The molecule has 0 saturated carbocycles. The lowest BCUT2D eigenvalue weighted by Gasteiger charge is -2.21. The molecule has 3 aromatic rings. The van der Waals surface area contributed by atoms with Crippen molar-refractivity contribution in [1.29, 1.82) is 0 Å². The molecule has 0 fully saturated rings. The Labute approximate surface area is 166 Å². The molecule has 1 aliphatic carbocycles. The highest BCUT2D eigenvalue weighted by Gasteiger charge is 2.34. The number of ketones is 2. The van der Waals surface area contributed by atoms with Crippen molar-refractivity contribution in [2.24, 2.45) is 0 Å². The van der Waals surface area contributed by atoms with E-state index in [2.05, 4.69) is 5.32 Å². The van der Waals surface area contributed by atoms with Crippen molar-refractivity contribution >= 4 is 33.1 Å². The molecule has 0 radical (unpaired) electrons. The van der Waals surface area contributed by atoms with E-state index in [1.54, 1.807) is 18.2 Å². The topological polar surface area (TPSA) is 121 Å². The molecular formula is C21H15NO6S. The molecular weight excluding hydrogens is 394 g/mol. The first kappa shape index (κ1) is 18.9. The molecule has 3 N–H and O–H groups in total. The number of carbonyl (C=O) groups is 2. The average molecular weight is 409 g/mol. The van der Waals surface area contributed by atoms with Gasteiger partial charge in [-0.05, 0) is 42.8 Å². The number of carbonyl (C=O) groups excluding carboxylic acids is 2. The van der Waals surface area contributed by atoms with E-state index in [-0.39, 0.29) is 32.9 Å². The van der Waals surface area contributed by atoms with Gasteiger partial charge in [-0.25, -0.2) is 0 Å². The van der Waals surface area contributed by atoms with Gasteiger partial charge in [0.05, 0.1) is 21.7 Å². The zero-order valence-electron chi connectivity index (χ0n) is 15.1. The first-order chi connectivity index (χ1) is 13.7. The van der Waals surface area contributed by atoms with Crippen molar-refractivity contribution in [3.63, 3.8) is 0 Å². The van der Waals surface area contributed by atoms with Crippen LogP contribution in [-0.4, -0.2) is 29.6 Å². The van der Waals surface area contributed by atoms with Crippen molar-refractivity contribution in [2.75, 3.05) is 5.32 Å². The molecule has 0 atom stereocenters. The van der Waals surface area contributed by atoms with E-state index in [9.17, 15) is 27.7 Å². The number of aromatic hydroxyl groups is 1. The molecule has 29 heavy (non-hydrogen) atoms. The standard InChI is InChI=1S/C21H15NO6S/c1-11-10-12(6-9-17(11)29(26,27)28)22-15-7-8-16(23)19-18(15)20(24)13-4-2-3-5-14(13)21(19)25/h2-10,22-23H,1H3,(H,26,27,28). The summed E-state index contributed by atoms with van der Waals surface area (Å²) >= 11 is 0. The highest BCUT2D eigenvalue weighted by molar-refractivity contribution is 7.85. The highest BCUT2D eigenvalue weighted by Crippen LogP contribution is 2.38. The van der Waals surface area contributed by atoms with Gasteiger partial charge >= 0.3 is 0 Å². The van der Waals surface area contributed by atoms with Crippen molar-refractivity contribution in [3.05, 3.63) is 82.4 Å². The van der Waals surface area contributed by atoms with Crippen LogP contribution in [0.15, 0.2) is 59.5 Å². The van der Waals surface area contributed by atoms with Gasteiger partial charge in [0.15, 0.2) is 11.6 Å². The van der Waals surface area contributed by atoms with Gasteiger partial charge in [0.2, 0.25) is 0 Å². The lowest BCUT2D eigenvalue weighted by molar-refractivity contribution is 0.0977. The SMILES string of the molecule is Cc1cc(Nc2ccc(O)c3c2C(=O)c2ccccc2C3=O)ccc1S(=O)(=O)O. The van der Waals surface area contributed by atoms with Crippen LogP contribution < -0.4 is 5.32 Å². The second-order valence-electron chi connectivity index (χ2n) is 6.67. The molecule has 146 valence electrons. The van der Waals surface area contributed by atoms with Gasteiger partial charge < -0.3 is 10.4 Å². The minimum Gasteiger partial charge on any atom is -0.507 e. The predicted octanol–water partition coefficient (Wildman–Crippen LogP) is 3.47. The zero-order chi connectivity index (χ0) is 20.9. The van der Waals surface area contributed by atoms with Gasteiger partial charge in [-0.2, -0.15) is 8.42 Å². The van der Waals surface area contributed by atoms with Crippen LogP contribution >= 0.6 is 0 Å². The molecule has 8 heteroatoms. The normalized spacial score (nSPS) is 13.0. The maximum Gasteiger partial charge on any atom is 0.294 e. The third kappa shape index (κ3) is 3.08. The van der Waals surface area contributed by atoms with E-state index >= 15 is 0 Å². The highest BCUT2D eigenvalue weighted by atomic mass is 32.2. The predicted molar refractivity (Wildman–Crippen MR) is 106 cm³/mol. The van der Waals surface area contributed by atoms with E-state index in [1.807, 2.05) is 0 Å². The Kier molecular flexibility index (Phi) is 4.25. The van der Waals surface area contributed by atoms with Crippen LogP contribution in [0.2, 0.25) is 0 Å². The van der Waals surface area contributed by atoms with Crippen molar-refractivity contribution < 1.29 is 27.7 Å². The fraction of sp³-hybridized carbons (Fsp3) is 0.0476. The summed E-state index contributed by atoms with van der Waals surface area (Å²) in [4.78, 5) is 25.7. The lowest BCUT2D eigenvalue weighted by Crippen LogP contribution is -2.22. The Morgan fingerprint density at radius 1 is 0.862 bits per heavy atom. The van der Waals surface area contributed by atoms with Crippen LogP contribution in [0, 0.1) is 6.92 Å². The number of hydrogen-bond acceptors (Lipinski definition) is 6. The number of phenols is 1. The Hall–Kier alpha value is -3.49. The third-order valence-corrected chi connectivity index (χ3v) is 5.80. The van der Waals surface area contributed by atoms with Crippen LogP contribution in [-0.2, 0) is 10.1 Å². The number of rotatable bonds is 3. The maximum atomic E-state index is 13.1. The van der Waals surface area contributed by atoms with E-state index in [0.29, 0.717) is 16.9 Å². The van der Waals surface area contributed by atoms with E-state index in [4.69, 9.17) is 0 Å². The molecule has 0 heterocycles. The zero-order valence-corrected chi connectivity index (χ0v) is 15.9. The molecule has 7 nitrogen and oxygen atoms in total. The largest absolute Gasteiger partial charge is 0.507 e. The van der Waals surface area contributed by atoms with Crippen molar-refractivity contribution in [1.82, 2.24) is 0 Å². The smallest absolute Gasteiger partial charge is 0.294 e. The Morgan fingerprint density at radius 2 is 1.48 bits per heavy atom. The molecule has 0 bridgehead atoms. The van der Waals surface area contributed by atoms with Gasteiger partial charge in [-0.1, -0.05) is 24.3 Å². The molecule has 0 amide bonds. The Balaban J connectivity index is 1.83. The number of nitrogens with one attached hydrogen (secondary N) is 1. The van der Waals surface area contributed by atoms with E-state index in [1.165, 1.54) is 43.3 Å². The summed E-state index contributed by atoms with van der Waals surface area (Å²) in [5, 5.41) is 13.2. The molecule has 0 aromatic heterocycles. The molecule has 3 aromatic carbocycles. The number of hydrogen-bond donors (Lipinski definition) is 3. The lowest BCUT2D eigenvalue weighted by atomic mass is 9.82. The number of benzene rings is 3. The molecule has 0 aliphatic heterocycles. The second-order valence-corrected chi connectivity index (χ2v) is 8.06. The van der Waals surface area contributed by atoms with Crippen LogP contribution in [0.25, 0.3) is 0 Å². The summed E-state index contributed by atoms with van der Waals surface area (Å²) < 4.78 is 32.0. The number of aryl methyl sites for hydroxylation is 1. The summed E-state index contributed by atoms with van der Waals surface area (Å²) in [7, 11) is -4.35. The summed E-state index contributed by atoms with van der Waals surface area (Å²) in [5.74, 6) is -1.15. The summed E-state index contributed by atoms with van der Waals surface area (Å²) in [6, 6.07) is 13.3. The molecule has 1 aliphatic rings. The fourth-order valence-corrected chi connectivity index (χ4v) is 4.19. The van der Waals surface area contributed by atoms with Crippen molar-refractivity contribution in [2.45, 2.75) is 11.8 Å². The number of fused-ring (bicyclic) bond motifs is 2. The second kappa shape index (κ2) is 6.54. The van der Waals surface area contributed by atoms with E-state index < -0.39 is 21.7 Å². The fourth-order valence-electron chi connectivity index (χ4n) is 3.48. The molecule has 4 rings (SSSR count). The minimum absolute atomic E-state index is 0.0465. The Morgan fingerprint density at radius 3 is 2.07 bits per heavy atom. The van der Waals surface area contributed by atoms with Crippen LogP contribution in [0.4, 0.5) is 11.4 Å². The summed E-state index contributed by atoms with van der Waals surface area (Å²) in [6.45, 7) is 1.52. The summed E-state index contributed by atoms with van der Waals surface area (Å²) in [5.41, 5.74) is 1.49. The number of phenolic OH excluding ortho intramolecular Hbond substituents is 1. The quantitative estimate of drug-likeness (QED) is 0.350. The van der Waals surface area contributed by atoms with E-state index in [0.717, 1.165) is 0 Å². The van der Waals surface area contributed by atoms with Gasteiger partial charge in [0, 0.05) is 16.8 Å². The Bertz CT molecular complexity index is 1310. The van der Waals surface area contributed by atoms with Gasteiger partial charge in [0.25, 0.3) is 10.1 Å². The van der Waals surface area contributed by atoms with Crippen molar-refractivity contribution in [3.8, 4) is 5.75 Å². The van der Waals surface area contributed by atoms with Gasteiger partial charge in [0.1, 0.15) is 5.75 Å². The van der Waals surface area contributed by atoms with Gasteiger partial charge in [-0.15, -0.1) is 0 Å². The van der Waals surface area contributed by atoms with Crippen LogP contribution in [0.1, 0.15) is 37.4 Å². The minimum atomic E-state index is -4.35. The average Bonchev–Trinajstić information content (AvgIpc) is 2.66. The number of anilines is 2. The summed E-state index contributed by atoms with van der Waals surface area (Å²) in [6.07, 6.45) is 0. The third-order valence-electron chi connectivity index (χ3n) is 4.79. The maximum absolute atomic E-state index is 13.1. The first-order valence-corrected chi connectivity index (χ1v) is 10.0. The monoisotopic (exact) mass is 409 g/mol. The molecule has 0 unspecified atom stereocenters. The molecule has 0 spiro atoms. The molecule has 0 saturated heterocycles. The van der Waals surface area contributed by atoms with Crippen LogP contribution in [0.3, 0.4) is 0 Å². The van der Waals surface area contributed by atoms with Gasteiger partial charge in [-0.3, -0.25) is 14.1 Å².